The molecule has 0 saturated carbocycles. The lowest BCUT2D eigenvalue weighted by Crippen LogP contribution is -2.05. The number of hydrogen-bond acceptors (Lipinski definition) is 5. The maximum atomic E-state index is 12.6. The molecule has 0 saturated heterocycles. The summed E-state index contributed by atoms with van der Waals surface area (Å²) in [5.74, 6) is 0.118. The topological polar surface area (TPSA) is 59.8 Å². The molecule has 3 aromatic rings. The predicted octanol–water partition coefficient (Wildman–Crippen LogP) is 4.14. The number of Topliss-reactive ketones (excluding diaryl/α,β-unsaturated/α-hetero) is 1. The first-order valence-corrected chi connectivity index (χ1v) is 9.35. The van der Waals surface area contributed by atoms with Crippen molar-refractivity contribution in [2.75, 3.05) is 12.4 Å². The van der Waals surface area contributed by atoms with Crippen molar-refractivity contribution in [2.24, 2.45) is 7.05 Å². The quantitative estimate of drug-likeness (QED) is 0.503. The summed E-state index contributed by atoms with van der Waals surface area (Å²) in [6.07, 6.45) is 2.09. The summed E-state index contributed by atoms with van der Waals surface area (Å²) >= 11 is 1.66. The van der Waals surface area contributed by atoms with Gasteiger partial charge in [0.25, 0.3) is 0 Å². The summed E-state index contributed by atoms with van der Waals surface area (Å²) in [7, 11) is 3.78. The van der Waals surface area contributed by atoms with Crippen LogP contribution in [0.4, 0.5) is 5.69 Å². The normalized spacial score (nSPS) is 12.0. The van der Waals surface area contributed by atoms with Gasteiger partial charge in [0.2, 0.25) is 0 Å². The SMILES string of the molecule is CNc1cccc(C(=O)Cc2cccc([C@H](C)Sc3nncn3C)c2)c1. The third kappa shape index (κ3) is 4.32. The third-order valence-electron chi connectivity index (χ3n) is 4.21. The van der Waals surface area contributed by atoms with E-state index in [-0.39, 0.29) is 11.0 Å². The van der Waals surface area contributed by atoms with Gasteiger partial charge in [-0.1, -0.05) is 48.2 Å². The summed E-state index contributed by atoms with van der Waals surface area (Å²) in [5, 5.41) is 12.2. The number of aryl methyl sites for hydroxylation is 1. The van der Waals surface area contributed by atoms with Crippen LogP contribution in [0.1, 0.15) is 33.7 Å². The molecular formula is C20H22N4OS. The molecule has 0 spiro atoms. The minimum atomic E-state index is 0.118. The molecule has 1 N–H and O–H groups in total. The highest BCUT2D eigenvalue weighted by atomic mass is 32.2. The molecule has 0 radical (unpaired) electrons. The Hall–Kier alpha value is -2.60. The number of carbonyl (C=O) groups is 1. The van der Waals surface area contributed by atoms with Crippen LogP contribution in [0.15, 0.2) is 60.0 Å². The lowest BCUT2D eigenvalue weighted by atomic mass is 10.0. The summed E-state index contributed by atoms with van der Waals surface area (Å²) in [5.41, 5.74) is 3.86. The first kappa shape index (κ1) is 18.2. The van der Waals surface area contributed by atoms with Crippen LogP contribution >= 0.6 is 11.8 Å². The summed E-state index contributed by atoms with van der Waals surface area (Å²) in [4.78, 5) is 12.6. The van der Waals surface area contributed by atoms with Crippen molar-refractivity contribution >= 4 is 23.2 Å². The fourth-order valence-electron chi connectivity index (χ4n) is 2.70. The Morgan fingerprint density at radius 2 is 2.04 bits per heavy atom. The number of aromatic nitrogens is 3. The van der Waals surface area contributed by atoms with Crippen molar-refractivity contribution in [3.05, 3.63) is 71.5 Å². The summed E-state index contributed by atoms with van der Waals surface area (Å²) < 4.78 is 1.91. The number of ketones is 1. The molecule has 6 heteroatoms. The van der Waals surface area contributed by atoms with E-state index in [1.165, 1.54) is 5.56 Å². The number of thioether (sulfide) groups is 1. The summed E-state index contributed by atoms with van der Waals surface area (Å²) in [6, 6.07) is 15.8. The van der Waals surface area contributed by atoms with E-state index in [1.54, 1.807) is 18.1 Å². The van der Waals surface area contributed by atoms with E-state index in [0.717, 1.165) is 22.0 Å². The van der Waals surface area contributed by atoms with Crippen molar-refractivity contribution < 1.29 is 4.79 Å². The van der Waals surface area contributed by atoms with Gasteiger partial charge in [0.15, 0.2) is 10.9 Å². The Morgan fingerprint density at radius 1 is 1.23 bits per heavy atom. The number of hydrogen-bond donors (Lipinski definition) is 1. The molecule has 0 aliphatic carbocycles. The molecule has 0 amide bonds. The van der Waals surface area contributed by atoms with Gasteiger partial charge < -0.3 is 9.88 Å². The Bertz CT molecular complexity index is 906. The van der Waals surface area contributed by atoms with Crippen molar-refractivity contribution in [3.63, 3.8) is 0 Å². The van der Waals surface area contributed by atoms with Crippen LogP contribution in [0.3, 0.4) is 0 Å². The molecule has 1 atom stereocenters. The zero-order valence-electron chi connectivity index (χ0n) is 15.1. The molecule has 0 fully saturated rings. The number of rotatable bonds is 7. The zero-order valence-corrected chi connectivity index (χ0v) is 16.0. The lowest BCUT2D eigenvalue weighted by molar-refractivity contribution is 0.0993. The first-order valence-electron chi connectivity index (χ1n) is 8.47. The molecule has 2 aromatic carbocycles. The smallest absolute Gasteiger partial charge is 0.191 e. The number of nitrogens with zero attached hydrogens (tertiary/aromatic N) is 3. The Kier molecular flexibility index (Phi) is 5.73. The van der Waals surface area contributed by atoms with Gasteiger partial charge in [0.1, 0.15) is 6.33 Å². The molecule has 26 heavy (non-hydrogen) atoms. The first-order chi connectivity index (χ1) is 12.6. The van der Waals surface area contributed by atoms with Crippen molar-refractivity contribution in [2.45, 2.75) is 23.8 Å². The molecule has 0 bridgehead atoms. The van der Waals surface area contributed by atoms with Crippen molar-refractivity contribution in [1.82, 2.24) is 14.8 Å². The van der Waals surface area contributed by atoms with Gasteiger partial charge in [0.05, 0.1) is 0 Å². The van der Waals surface area contributed by atoms with Crippen LogP contribution < -0.4 is 5.32 Å². The van der Waals surface area contributed by atoms with Gasteiger partial charge in [-0.3, -0.25) is 4.79 Å². The minimum absolute atomic E-state index is 0.118. The van der Waals surface area contributed by atoms with Crippen LogP contribution in [-0.2, 0) is 13.5 Å². The highest BCUT2D eigenvalue weighted by Gasteiger charge is 2.13. The number of carbonyl (C=O) groups excluding carboxylic acids is 1. The average Bonchev–Trinajstić information content (AvgIpc) is 3.06. The van der Waals surface area contributed by atoms with Gasteiger partial charge in [-0.2, -0.15) is 0 Å². The second-order valence-corrected chi connectivity index (χ2v) is 7.47. The van der Waals surface area contributed by atoms with Crippen LogP contribution in [0.5, 0.6) is 0 Å². The van der Waals surface area contributed by atoms with Gasteiger partial charge in [-0.25, -0.2) is 0 Å². The van der Waals surface area contributed by atoms with Gasteiger partial charge >= 0.3 is 0 Å². The highest BCUT2D eigenvalue weighted by molar-refractivity contribution is 7.99. The minimum Gasteiger partial charge on any atom is -0.388 e. The van der Waals surface area contributed by atoms with Gasteiger partial charge in [-0.15, -0.1) is 10.2 Å². The fourth-order valence-corrected chi connectivity index (χ4v) is 3.60. The van der Waals surface area contributed by atoms with Crippen LogP contribution in [-0.4, -0.2) is 27.6 Å². The second kappa shape index (κ2) is 8.19. The third-order valence-corrected chi connectivity index (χ3v) is 5.42. The number of anilines is 1. The average molecular weight is 366 g/mol. The van der Waals surface area contributed by atoms with Gasteiger partial charge in [0, 0.05) is 37.0 Å². The Morgan fingerprint density at radius 3 is 2.77 bits per heavy atom. The maximum Gasteiger partial charge on any atom is 0.191 e. The molecule has 0 aliphatic heterocycles. The van der Waals surface area contributed by atoms with Gasteiger partial charge in [-0.05, 0) is 30.2 Å². The standard InChI is InChI=1S/C20H22N4OS/c1-14(26-20-23-22-13-24(20)3)16-7-4-6-15(10-16)11-19(25)17-8-5-9-18(12-17)21-2/h4-10,12-14,21H,11H2,1-3H3/t14-/m0/s1. The summed E-state index contributed by atoms with van der Waals surface area (Å²) in [6.45, 7) is 2.14. The molecule has 1 heterocycles. The highest BCUT2D eigenvalue weighted by Crippen LogP contribution is 2.33. The Balaban J connectivity index is 1.72. The van der Waals surface area contributed by atoms with Crippen LogP contribution in [0.25, 0.3) is 0 Å². The second-order valence-electron chi connectivity index (χ2n) is 6.16. The molecule has 0 unspecified atom stereocenters. The lowest BCUT2D eigenvalue weighted by Gasteiger charge is -2.12. The van der Waals surface area contributed by atoms with E-state index < -0.39 is 0 Å². The predicted molar refractivity (Wildman–Crippen MR) is 106 cm³/mol. The number of benzene rings is 2. The zero-order chi connectivity index (χ0) is 18.5. The van der Waals surface area contributed by atoms with E-state index in [9.17, 15) is 4.79 Å². The molecule has 134 valence electrons. The monoisotopic (exact) mass is 366 g/mol. The molecule has 0 aliphatic rings. The van der Waals surface area contributed by atoms with E-state index in [4.69, 9.17) is 0 Å². The Labute approximate surface area is 157 Å². The largest absolute Gasteiger partial charge is 0.388 e. The van der Waals surface area contributed by atoms with E-state index in [2.05, 4.69) is 34.6 Å². The fraction of sp³-hybridized carbons (Fsp3) is 0.250. The van der Waals surface area contributed by atoms with Crippen molar-refractivity contribution in [3.8, 4) is 0 Å². The molecule has 5 nitrogen and oxygen atoms in total. The van der Waals surface area contributed by atoms with E-state index in [1.807, 2.05) is 55.1 Å². The molecule has 3 rings (SSSR count). The van der Waals surface area contributed by atoms with E-state index >= 15 is 0 Å². The maximum absolute atomic E-state index is 12.6. The van der Waals surface area contributed by atoms with Crippen LogP contribution in [0, 0.1) is 0 Å². The molecule has 1 aromatic heterocycles. The van der Waals surface area contributed by atoms with Crippen LogP contribution in [0.2, 0.25) is 0 Å². The number of nitrogens with one attached hydrogen (secondary N) is 1. The van der Waals surface area contributed by atoms with E-state index in [0.29, 0.717) is 6.42 Å². The van der Waals surface area contributed by atoms with Crippen molar-refractivity contribution in [1.29, 1.82) is 0 Å². The molecular weight excluding hydrogens is 344 g/mol.